The van der Waals surface area contributed by atoms with Gasteiger partial charge in [-0.25, -0.2) is 0 Å². The molecule has 150 valence electrons. The SMILES string of the molecule is O=C(c1ccc(Cl)cc1)N(Cc1ncc(C(F)(F)F)cc1Cl)c1ccc(Cl)cc1. The van der Waals surface area contributed by atoms with E-state index in [1.54, 1.807) is 48.5 Å². The van der Waals surface area contributed by atoms with Crippen molar-refractivity contribution in [1.29, 1.82) is 0 Å². The number of carbonyl (C=O) groups is 1. The zero-order chi connectivity index (χ0) is 21.2. The second kappa shape index (κ2) is 8.61. The van der Waals surface area contributed by atoms with Crippen LogP contribution in [0.5, 0.6) is 0 Å². The van der Waals surface area contributed by atoms with Gasteiger partial charge in [-0.3, -0.25) is 9.78 Å². The van der Waals surface area contributed by atoms with Crippen LogP contribution in [0.15, 0.2) is 60.8 Å². The molecule has 3 aromatic rings. The van der Waals surface area contributed by atoms with Crippen molar-refractivity contribution >= 4 is 46.4 Å². The molecule has 3 nitrogen and oxygen atoms in total. The van der Waals surface area contributed by atoms with E-state index in [-0.39, 0.29) is 17.3 Å². The predicted octanol–water partition coefficient (Wildman–Crippen LogP) is 6.91. The molecule has 0 aliphatic heterocycles. The highest BCUT2D eigenvalue weighted by atomic mass is 35.5. The molecule has 2 aromatic carbocycles. The standard InChI is InChI=1S/C20H12Cl3F3N2O/c21-14-3-1-12(2-4-14)19(29)28(16-7-5-15(22)6-8-16)11-18-17(23)9-13(10-27-18)20(24,25)26/h1-10H,11H2. The molecule has 0 spiro atoms. The van der Waals surface area contributed by atoms with E-state index in [9.17, 15) is 18.0 Å². The van der Waals surface area contributed by atoms with Crippen LogP contribution in [0.25, 0.3) is 0 Å². The van der Waals surface area contributed by atoms with Crippen LogP contribution in [0.2, 0.25) is 15.1 Å². The van der Waals surface area contributed by atoms with Crippen LogP contribution in [0.3, 0.4) is 0 Å². The highest BCUT2D eigenvalue weighted by Crippen LogP contribution is 2.32. The number of hydrogen-bond donors (Lipinski definition) is 0. The monoisotopic (exact) mass is 458 g/mol. The van der Waals surface area contributed by atoms with Gasteiger partial charge in [0.05, 0.1) is 22.8 Å². The van der Waals surface area contributed by atoms with Crippen LogP contribution in [-0.4, -0.2) is 10.9 Å². The minimum Gasteiger partial charge on any atom is -0.302 e. The van der Waals surface area contributed by atoms with E-state index < -0.39 is 17.6 Å². The first-order chi connectivity index (χ1) is 13.6. The van der Waals surface area contributed by atoms with Crippen LogP contribution in [0, 0.1) is 0 Å². The van der Waals surface area contributed by atoms with Gasteiger partial charge in [0.25, 0.3) is 5.91 Å². The van der Waals surface area contributed by atoms with Crippen LogP contribution in [0.1, 0.15) is 21.6 Å². The van der Waals surface area contributed by atoms with E-state index in [1.807, 2.05) is 0 Å². The van der Waals surface area contributed by atoms with Crippen molar-refractivity contribution in [2.75, 3.05) is 4.90 Å². The molecule has 0 atom stereocenters. The topological polar surface area (TPSA) is 33.2 Å². The Bertz CT molecular complexity index is 1020. The smallest absolute Gasteiger partial charge is 0.302 e. The summed E-state index contributed by atoms with van der Waals surface area (Å²) in [4.78, 5) is 18.3. The van der Waals surface area contributed by atoms with Gasteiger partial charge in [-0.1, -0.05) is 34.8 Å². The molecule has 0 aliphatic rings. The Morgan fingerprint density at radius 3 is 2.00 bits per heavy atom. The molecule has 0 fully saturated rings. The van der Waals surface area contributed by atoms with Crippen molar-refractivity contribution in [3.05, 3.63) is 92.7 Å². The Morgan fingerprint density at radius 1 is 0.931 bits per heavy atom. The Morgan fingerprint density at radius 2 is 1.48 bits per heavy atom. The van der Waals surface area contributed by atoms with E-state index in [2.05, 4.69) is 4.98 Å². The number of halogens is 6. The number of nitrogens with zero attached hydrogens (tertiary/aromatic N) is 2. The molecule has 0 unspecified atom stereocenters. The highest BCUT2D eigenvalue weighted by molar-refractivity contribution is 6.31. The van der Waals surface area contributed by atoms with Gasteiger partial charge in [-0.15, -0.1) is 0 Å². The van der Waals surface area contributed by atoms with Crippen molar-refractivity contribution in [1.82, 2.24) is 4.98 Å². The van der Waals surface area contributed by atoms with Gasteiger partial charge in [0.1, 0.15) is 0 Å². The number of aromatic nitrogens is 1. The van der Waals surface area contributed by atoms with E-state index in [0.29, 0.717) is 27.5 Å². The van der Waals surface area contributed by atoms with Gasteiger partial charge in [-0.05, 0) is 54.6 Å². The first-order valence-corrected chi connectivity index (χ1v) is 9.33. The van der Waals surface area contributed by atoms with Crippen molar-refractivity contribution in [3.8, 4) is 0 Å². The van der Waals surface area contributed by atoms with Crippen molar-refractivity contribution < 1.29 is 18.0 Å². The lowest BCUT2D eigenvalue weighted by atomic mass is 10.1. The number of alkyl halides is 3. The maximum atomic E-state index is 13.1. The average Bonchev–Trinajstić information content (AvgIpc) is 2.67. The van der Waals surface area contributed by atoms with Crippen LogP contribution < -0.4 is 4.90 Å². The van der Waals surface area contributed by atoms with Crippen molar-refractivity contribution in [3.63, 3.8) is 0 Å². The molecular formula is C20H12Cl3F3N2O. The lowest BCUT2D eigenvalue weighted by molar-refractivity contribution is -0.137. The zero-order valence-corrected chi connectivity index (χ0v) is 16.8. The molecule has 9 heteroatoms. The summed E-state index contributed by atoms with van der Waals surface area (Å²) in [5, 5.41) is 0.744. The predicted molar refractivity (Wildman–Crippen MR) is 108 cm³/mol. The summed E-state index contributed by atoms with van der Waals surface area (Å²) in [6.07, 6.45) is -3.88. The second-order valence-electron chi connectivity index (χ2n) is 6.02. The molecule has 1 aromatic heterocycles. The fourth-order valence-corrected chi connectivity index (χ4v) is 3.02. The summed E-state index contributed by atoms with van der Waals surface area (Å²) < 4.78 is 38.6. The number of benzene rings is 2. The third kappa shape index (κ3) is 5.21. The first-order valence-electron chi connectivity index (χ1n) is 8.20. The molecule has 0 saturated carbocycles. The number of amides is 1. The van der Waals surface area contributed by atoms with Gasteiger partial charge >= 0.3 is 6.18 Å². The fraction of sp³-hybridized carbons (Fsp3) is 0.100. The number of rotatable bonds is 4. The zero-order valence-electron chi connectivity index (χ0n) is 14.6. The van der Waals surface area contributed by atoms with Crippen molar-refractivity contribution in [2.45, 2.75) is 12.7 Å². The third-order valence-electron chi connectivity index (χ3n) is 4.03. The maximum Gasteiger partial charge on any atom is 0.417 e. The number of carbonyl (C=O) groups excluding carboxylic acids is 1. The van der Waals surface area contributed by atoms with E-state index in [4.69, 9.17) is 34.8 Å². The van der Waals surface area contributed by atoms with E-state index in [0.717, 1.165) is 6.07 Å². The normalized spacial score (nSPS) is 11.4. The highest BCUT2D eigenvalue weighted by Gasteiger charge is 2.32. The molecule has 0 aliphatic carbocycles. The molecular weight excluding hydrogens is 448 g/mol. The van der Waals surface area contributed by atoms with Gasteiger partial charge in [0, 0.05) is 27.5 Å². The first kappa shape index (κ1) is 21.4. The minimum absolute atomic E-state index is 0.122. The van der Waals surface area contributed by atoms with E-state index in [1.165, 1.54) is 4.90 Å². The quantitative estimate of drug-likeness (QED) is 0.425. The Balaban J connectivity index is 1.98. The number of hydrogen-bond acceptors (Lipinski definition) is 2. The molecule has 29 heavy (non-hydrogen) atoms. The summed E-state index contributed by atoms with van der Waals surface area (Å²) in [7, 11) is 0. The van der Waals surface area contributed by atoms with Crippen LogP contribution >= 0.6 is 34.8 Å². The van der Waals surface area contributed by atoms with Crippen LogP contribution in [-0.2, 0) is 12.7 Å². The summed E-state index contributed by atoms with van der Waals surface area (Å²) in [6, 6.07) is 13.5. The number of pyridine rings is 1. The van der Waals surface area contributed by atoms with Gasteiger partial charge < -0.3 is 4.90 Å². The number of anilines is 1. The molecule has 0 N–H and O–H groups in total. The molecule has 3 rings (SSSR count). The molecule has 1 heterocycles. The van der Waals surface area contributed by atoms with Gasteiger partial charge in [0.2, 0.25) is 0 Å². The Hall–Kier alpha value is -2.28. The Labute approximate surface area is 179 Å². The fourth-order valence-electron chi connectivity index (χ4n) is 2.54. The second-order valence-corrected chi connectivity index (χ2v) is 7.30. The van der Waals surface area contributed by atoms with Crippen molar-refractivity contribution in [2.24, 2.45) is 0 Å². The lowest BCUT2D eigenvalue weighted by Gasteiger charge is -2.23. The van der Waals surface area contributed by atoms with Gasteiger partial charge in [-0.2, -0.15) is 13.2 Å². The lowest BCUT2D eigenvalue weighted by Crippen LogP contribution is -2.31. The summed E-state index contributed by atoms with van der Waals surface area (Å²) in [5.41, 5.74) is -0.0234. The largest absolute Gasteiger partial charge is 0.417 e. The third-order valence-corrected chi connectivity index (χ3v) is 4.86. The van der Waals surface area contributed by atoms with E-state index >= 15 is 0 Å². The molecule has 0 bridgehead atoms. The summed E-state index contributed by atoms with van der Waals surface area (Å²) in [5.74, 6) is -0.401. The summed E-state index contributed by atoms with van der Waals surface area (Å²) >= 11 is 17.8. The summed E-state index contributed by atoms with van der Waals surface area (Å²) in [6.45, 7) is -0.139. The maximum absolute atomic E-state index is 13.1. The van der Waals surface area contributed by atoms with Crippen LogP contribution in [0.4, 0.5) is 18.9 Å². The molecule has 0 saturated heterocycles. The molecule has 0 radical (unpaired) electrons. The molecule has 1 amide bonds. The Kier molecular flexibility index (Phi) is 6.36. The average molecular weight is 460 g/mol. The minimum atomic E-state index is -4.57. The van der Waals surface area contributed by atoms with Gasteiger partial charge in [0.15, 0.2) is 0 Å².